The van der Waals surface area contributed by atoms with Crippen molar-refractivity contribution in [1.82, 2.24) is 120 Å². The lowest BCUT2D eigenvalue weighted by Crippen LogP contribution is -2.19. The van der Waals surface area contributed by atoms with Crippen LogP contribution in [-0.2, 0) is 0 Å². The Hall–Kier alpha value is -15.3. The number of thiophene rings is 7. The van der Waals surface area contributed by atoms with Crippen LogP contribution in [0, 0.1) is 0 Å². The van der Waals surface area contributed by atoms with E-state index < -0.39 is 0 Å². The zero-order valence-electron chi connectivity index (χ0n) is 68.6. The Labute approximate surface area is 738 Å². The molecule has 0 radical (unpaired) electrons. The van der Waals surface area contributed by atoms with E-state index in [1.807, 2.05) is 212 Å². The molecule has 1 aliphatic rings. The number of aromatic nitrogens is 24. The summed E-state index contributed by atoms with van der Waals surface area (Å²) in [5, 5.41) is 50.5. The van der Waals surface area contributed by atoms with Crippen LogP contribution in [-0.4, -0.2) is 204 Å². The van der Waals surface area contributed by atoms with E-state index in [0.29, 0.717) is 89.2 Å². The van der Waals surface area contributed by atoms with E-state index in [2.05, 4.69) is 173 Å². The van der Waals surface area contributed by atoms with Crippen LogP contribution in [0.5, 0.6) is 0 Å². The molecule has 15 aromatic heterocycles. The summed E-state index contributed by atoms with van der Waals surface area (Å²) >= 11 is 11.1. The fourth-order valence-electron chi connectivity index (χ4n) is 8.88. The molecule has 124 heavy (non-hydrogen) atoms. The summed E-state index contributed by atoms with van der Waals surface area (Å²) < 4.78 is 0. The van der Waals surface area contributed by atoms with Crippen molar-refractivity contribution in [2.75, 3.05) is 214 Å². The molecule has 28 N–H and O–H groups in total. The average Bonchev–Trinajstić information content (AvgIpc) is 1.34. The number of nitrogen functional groups attached to an aromatic ring is 9. The van der Waals surface area contributed by atoms with Crippen LogP contribution in [0.3, 0.4) is 0 Å². The van der Waals surface area contributed by atoms with E-state index >= 15 is 0 Å². The number of allylic oxidation sites excluding steroid dienone is 3. The first-order valence-corrected chi connectivity index (χ1v) is 42.1. The first-order chi connectivity index (χ1) is 59.6. The van der Waals surface area contributed by atoms with Crippen molar-refractivity contribution in [1.29, 1.82) is 0 Å². The van der Waals surface area contributed by atoms with Gasteiger partial charge in [-0.05, 0) is 135 Å². The molecule has 0 amide bonds. The fourth-order valence-corrected chi connectivity index (χ4v) is 13.3. The summed E-state index contributed by atoms with van der Waals surface area (Å²) in [4.78, 5) is 106. The van der Waals surface area contributed by atoms with Crippen LogP contribution in [0.15, 0.2) is 147 Å². The van der Waals surface area contributed by atoms with Gasteiger partial charge in [0.15, 0.2) is 0 Å². The molecule has 48 nitrogen and oxygen atoms in total. The van der Waals surface area contributed by atoms with Gasteiger partial charge in [0.25, 0.3) is 0 Å². The van der Waals surface area contributed by atoms with Gasteiger partial charge in [-0.1, -0.05) is 12.2 Å². The van der Waals surface area contributed by atoms with E-state index in [-0.39, 0.29) is 53.5 Å². The highest BCUT2D eigenvalue weighted by Gasteiger charge is 2.16. The normalized spacial score (nSPS) is 10.5. The third kappa shape index (κ3) is 30.8. The highest BCUT2D eigenvalue weighted by atomic mass is 32.1. The second-order valence-electron chi connectivity index (χ2n) is 24.3. The van der Waals surface area contributed by atoms with Gasteiger partial charge in [-0.2, -0.15) is 120 Å². The van der Waals surface area contributed by atoms with E-state index in [1.54, 1.807) is 106 Å². The topological polar surface area (TPSA) is 680 Å². The summed E-state index contributed by atoms with van der Waals surface area (Å²) in [6.45, 7) is 0. The number of hydrogen-bond acceptors (Lipinski definition) is 55. The first-order valence-electron chi connectivity index (χ1n) is 36.0. The van der Waals surface area contributed by atoms with E-state index in [0.717, 1.165) is 47.1 Å². The van der Waals surface area contributed by atoms with Crippen LogP contribution in [0.25, 0.3) is 0 Å². The molecule has 0 aromatic carbocycles. The van der Waals surface area contributed by atoms with Crippen LogP contribution in [0.4, 0.5) is 178 Å². The lowest BCUT2D eigenvalue weighted by molar-refractivity contribution is 0.920. The summed E-state index contributed by atoms with van der Waals surface area (Å²) in [6, 6.07) is 27.4. The van der Waals surface area contributed by atoms with Crippen molar-refractivity contribution in [2.24, 2.45) is 0 Å². The standard InChI is InChI=1S/C11H16N6S.3C9H12N6S.2C8H10N6S.C8H10N6.C7H8N6S/c1-16(2)10-13-9(12-8-6-5-7-18-8)14-11(15-10)17(3)4;1-15(2)9-13-7(10)12-8(14-9)11-6-4-3-5-16-6;1-11-8-12-7(10)13-9(14-8)15(2)6-4-3-5-16-6;1-10-7-13-8(11-2)15-9(14-7)12-6-4-3-5-16-6;1-14(5-3-2-4-15-5)8-12-6(9)11-7(10)13-8;1-10-7-12-6(9)13-8(14-7)11-5-3-2-4-15-5;9-6-12-7(10)14-8(13-6)11-5-3-1-2-4-5;8-5-11-6(9)13-7(12-5)10-4-2-1-3-14-4/h5-7H,1-4H3,(H,12,13,14,15);2*3-5H,1-2H3,(H3,10,11,12,13,14);3-5H,1-2H3,(H3,10,11,12,13,14,15);2-4H,1H3,(H4,9,10,11,12,13);2-4H,1H3,(H4,9,10,11,12,13,14);1,3-4H,2H2,(H5,9,10,11,12,13,14);1-3H,(H5,8,9,10,11,12,13). The van der Waals surface area contributed by atoms with E-state index in [1.165, 1.54) is 11.3 Å². The molecular weight excluding hydrogens is 1730 g/mol. The molecule has 55 heteroatoms. The molecule has 0 unspecified atom stereocenters. The predicted octanol–water partition coefficient (Wildman–Crippen LogP) is 9.52. The molecule has 0 atom stereocenters. The zero-order valence-corrected chi connectivity index (χ0v) is 74.3. The lowest BCUT2D eigenvalue weighted by atomic mass is 10.4. The molecule has 0 fully saturated rings. The highest BCUT2D eigenvalue weighted by Crippen LogP contribution is 2.30. The number of rotatable bonds is 23. The van der Waals surface area contributed by atoms with Crippen molar-refractivity contribution in [3.63, 3.8) is 0 Å². The Balaban J connectivity index is 0.000000161. The Morgan fingerprint density at radius 3 is 0.798 bits per heavy atom. The SMILES string of the molecule is CN(C)c1nc(N)nc(Nc2cccs2)n1.CN(C)c1nc(Nc2cccs2)nc(N(C)C)n1.CN(c1nc(N)nc(N)n1)c1cccs1.CNc1nc(N)nc(N(C)c2cccs2)n1.CNc1nc(N)nc(Nc2cccs2)n1.CNc1nc(NC)nc(Nc2cccs2)n1.Nc1nc(N)nc(NC2=CCC=C2)n1.Nc1nc(N)nc(Nc2cccs2)n1. The number of nitrogens with two attached hydrogens (primary N) is 9. The number of hydrogen-bond donors (Lipinski definition) is 19. The summed E-state index contributed by atoms with van der Waals surface area (Å²) in [5.74, 6) is 8.73. The minimum absolute atomic E-state index is 0.108. The molecule has 16 rings (SSSR count). The number of anilines is 31. The Morgan fingerprint density at radius 2 is 0.484 bits per heavy atom. The molecule has 15 aromatic rings. The van der Waals surface area contributed by atoms with Crippen LogP contribution >= 0.6 is 79.4 Å². The fraction of sp³-hybridized carbons (Fsp3) is 0.188. The van der Waals surface area contributed by atoms with Gasteiger partial charge in [0.2, 0.25) is 143 Å². The van der Waals surface area contributed by atoms with Gasteiger partial charge in [-0.15, -0.1) is 79.4 Å². The minimum atomic E-state index is 0.108. The second-order valence-corrected chi connectivity index (χ2v) is 30.9. The summed E-state index contributed by atoms with van der Waals surface area (Å²) in [5.41, 5.74) is 50.3. The largest absolute Gasteiger partial charge is 0.368 e. The van der Waals surface area contributed by atoms with Crippen molar-refractivity contribution >= 4 is 257 Å². The molecule has 0 saturated heterocycles. The Morgan fingerprint density at radius 1 is 0.250 bits per heavy atom. The van der Waals surface area contributed by atoms with E-state index in [9.17, 15) is 0 Å². The molecule has 0 spiro atoms. The van der Waals surface area contributed by atoms with Crippen molar-refractivity contribution < 1.29 is 0 Å². The molecule has 15 heterocycles. The summed E-state index contributed by atoms with van der Waals surface area (Å²) in [6.07, 6.45) is 6.89. The maximum absolute atomic E-state index is 5.60. The number of nitrogens with one attached hydrogen (secondary N) is 10. The van der Waals surface area contributed by atoms with Crippen molar-refractivity contribution in [3.8, 4) is 0 Å². The second kappa shape index (κ2) is 46.9. The Bertz CT molecular complexity index is 5580. The van der Waals surface area contributed by atoms with Crippen LogP contribution in [0.2, 0.25) is 0 Å². The molecule has 1 aliphatic carbocycles. The molecule has 648 valence electrons. The molecule has 0 aliphatic heterocycles. The van der Waals surface area contributed by atoms with Gasteiger partial charge >= 0.3 is 0 Å². The first kappa shape index (κ1) is 92.5. The molecular formula is C69H90N48S7. The molecule has 0 saturated carbocycles. The van der Waals surface area contributed by atoms with Crippen LogP contribution in [0.1, 0.15) is 6.42 Å². The predicted molar refractivity (Wildman–Crippen MR) is 508 cm³/mol. The van der Waals surface area contributed by atoms with Crippen molar-refractivity contribution in [3.05, 3.63) is 147 Å². The third-order valence-electron chi connectivity index (χ3n) is 14.4. The quantitative estimate of drug-likeness (QED) is 0.0283. The van der Waals surface area contributed by atoms with E-state index in [4.69, 9.17) is 51.6 Å². The maximum atomic E-state index is 5.60. The lowest BCUT2D eigenvalue weighted by Gasteiger charge is -2.16. The Kier molecular flexibility index (Phi) is 35.0. The van der Waals surface area contributed by atoms with Gasteiger partial charge in [0, 0.05) is 90.3 Å². The van der Waals surface area contributed by atoms with Crippen LogP contribution < -0.4 is 129 Å². The van der Waals surface area contributed by atoms with Gasteiger partial charge < -0.3 is 129 Å². The monoisotopic (exact) mass is 1810 g/mol. The minimum Gasteiger partial charge on any atom is -0.368 e. The smallest absolute Gasteiger partial charge is 0.236 e. The number of nitrogens with zero attached hydrogens (tertiary/aromatic N) is 29. The zero-order chi connectivity index (χ0) is 89.0. The average molecular weight is 1820 g/mol. The summed E-state index contributed by atoms with van der Waals surface area (Å²) in [7, 11) is 22.1. The van der Waals surface area contributed by atoms with Gasteiger partial charge in [-0.3, -0.25) is 0 Å². The molecule has 0 bridgehead atoms. The van der Waals surface area contributed by atoms with Gasteiger partial charge in [0.1, 0.15) is 0 Å². The van der Waals surface area contributed by atoms with Gasteiger partial charge in [-0.25, -0.2) is 0 Å². The maximum Gasteiger partial charge on any atom is 0.236 e. The van der Waals surface area contributed by atoms with Crippen molar-refractivity contribution in [2.45, 2.75) is 6.42 Å². The van der Waals surface area contributed by atoms with Gasteiger partial charge in [0.05, 0.1) is 35.0 Å². The highest BCUT2D eigenvalue weighted by molar-refractivity contribution is 7.16. The third-order valence-corrected chi connectivity index (χ3v) is 20.2.